The van der Waals surface area contributed by atoms with Crippen LogP contribution in [0.15, 0.2) is 12.7 Å². The van der Waals surface area contributed by atoms with E-state index in [9.17, 15) is 14.7 Å². The van der Waals surface area contributed by atoms with Crippen molar-refractivity contribution < 1.29 is 19.4 Å². The normalized spacial score (nSPS) is 31.1. The number of hydrogen-bond donors (Lipinski definition) is 1. The largest absolute Gasteiger partial charge is 0.479 e. The fraction of sp³-hybridized carbons (Fsp3) is 0.667. The van der Waals surface area contributed by atoms with Crippen LogP contribution in [0.3, 0.4) is 0 Å². The van der Waals surface area contributed by atoms with Gasteiger partial charge in [-0.3, -0.25) is 4.90 Å². The van der Waals surface area contributed by atoms with Gasteiger partial charge < -0.3 is 9.84 Å². The van der Waals surface area contributed by atoms with Crippen LogP contribution in [0.1, 0.15) is 25.7 Å². The summed E-state index contributed by atoms with van der Waals surface area (Å²) in [7, 11) is 0. The molecule has 2 bridgehead atoms. The van der Waals surface area contributed by atoms with Crippen molar-refractivity contribution in [1.29, 1.82) is 0 Å². The van der Waals surface area contributed by atoms with E-state index >= 15 is 0 Å². The summed E-state index contributed by atoms with van der Waals surface area (Å²) in [5.41, 5.74) is -1.03. The molecule has 1 amide bonds. The highest BCUT2D eigenvalue weighted by Crippen LogP contribution is 2.44. The lowest BCUT2D eigenvalue weighted by atomic mass is 9.80. The van der Waals surface area contributed by atoms with Gasteiger partial charge in [0, 0.05) is 6.54 Å². The summed E-state index contributed by atoms with van der Waals surface area (Å²) >= 11 is 0. The maximum absolute atomic E-state index is 11.8. The number of ether oxygens (including phenoxy) is 1. The van der Waals surface area contributed by atoms with E-state index in [4.69, 9.17) is 4.74 Å². The Balaban J connectivity index is 2.17. The van der Waals surface area contributed by atoms with Crippen molar-refractivity contribution in [3.05, 3.63) is 12.7 Å². The molecule has 5 heteroatoms. The molecule has 2 fully saturated rings. The van der Waals surface area contributed by atoms with Gasteiger partial charge in [-0.25, -0.2) is 9.59 Å². The summed E-state index contributed by atoms with van der Waals surface area (Å²) in [5.74, 6) is -0.605. The fourth-order valence-corrected chi connectivity index (χ4v) is 2.97. The van der Waals surface area contributed by atoms with E-state index < -0.39 is 17.6 Å². The van der Waals surface area contributed by atoms with Gasteiger partial charge in [0.05, 0.1) is 0 Å². The van der Waals surface area contributed by atoms with E-state index in [-0.39, 0.29) is 6.61 Å². The van der Waals surface area contributed by atoms with Gasteiger partial charge in [0.25, 0.3) is 0 Å². The second-order valence-corrected chi connectivity index (χ2v) is 4.78. The summed E-state index contributed by atoms with van der Waals surface area (Å²) < 4.78 is 4.96. The molecule has 94 valence electrons. The summed E-state index contributed by atoms with van der Waals surface area (Å²) in [6, 6.07) is 0. The highest BCUT2D eigenvalue weighted by atomic mass is 16.6. The van der Waals surface area contributed by atoms with Crippen LogP contribution in [0.5, 0.6) is 0 Å². The molecule has 2 rings (SSSR count). The first-order chi connectivity index (χ1) is 8.10. The van der Waals surface area contributed by atoms with Crippen LogP contribution in [0.25, 0.3) is 0 Å². The van der Waals surface area contributed by atoms with E-state index in [0.717, 1.165) is 12.8 Å². The smallest absolute Gasteiger partial charge is 0.411 e. The van der Waals surface area contributed by atoms with E-state index in [0.29, 0.717) is 25.3 Å². The van der Waals surface area contributed by atoms with Gasteiger partial charge in [-0.1, -0.05) is 19.1 Å². The molecule has 1 N–H and O–H groups in total. The molecule has 0 aromatic rings. The zero-order chi connectivity index (χ0) is 12.5. The van der Waals surface area contributed by atoms with Crippen LogP contribution in [0, 0.1) is 5.92 Å². The number of rotatable bonds is 3. The van der Waals surface area contributed by atoms with Gasteiger partial charge in [-0.05, 0) is 25.2 Å². The monoisotopic (exact) mass is 239 g/mol. The number of fused-ring (bicyclic) bond motifs is 2. The van der Waals surface area contributed by atoms with E-state index in [1.807, 2.05) is 0 Å². The molecule has 1 saturated heterocycles. The van der Waals surface area contributed by atoms with Gasteiger partial charge in [-0.15, -0.1) is 0 Å². The summed E-state index contributed by atoms with van der Waals surface area (Å²) in [5, 5.41) is 9.39. The van der Waals surface area contributed by atoms with E-state index in [1.165, 1.54) is 11.0 Å². The first kappa shape index (κ1) is 12.0. The molecule has 1 heterocycles. The van der Waals surface area contributed by atoms with Crippen molar-refractivity contribution >= 4 is 12.1 Å². The van der Waals surface area contributed by atoms with Crippen molar-refractivity contribution in [3.63, 3.8) is 0 Å². The minimum Gasteiger partial charge on any atom is -0.479 e. The highest BCUT2D eigenvalue weighted by Gasteiger charge is 2.55. The van der Waals surface area contributed by atoms with Crippen LogP contribution >= 0.6 is 0 Å². The average molecular weight is 239 g/mol. The number of hydrogen-bond acceptors (Lipinski definition) is 3. The minimum atomic E-state index is -1.03. The molecule has 0 spiro atoms. The van der Waals surface area contributed by atoms with Gasteiger partial charge >= 0.3 is 12.1 Å². The lowest BCUT2D eigenvalue weighted by Crippen LogP contribution is -2.53. The zero-order valence-corrected chi connectivity index (χ0v) is 9.72. The second kappa shape index (κ2) is 4.39. The number of likely N-dealkylation sites (tertiary alicyclic amines) is 1. The first-order valence-electron chi connectivity index (χ1n) is 5.89. The first-order valence-corrected chi connectivity index (χ1v) is 5.89. The predicted molar refractivity (Wildman–Crippen MR) is 60.6 cm³/mol. The SMILES string of the molecule is C=CCOC(=O)N1CC2CCCC1(C(=O)O)C2. The quantitative estimate of drug-likeness (QED) is 0.760. The lowest BCUT2D eigenvalue weighted by Gasteiger charge is -2.34. The molecular formula is C12H17NO4. The van der Waals surface area contributed by atoms with Gasteiger partial charge in [0.1, 0.15) is 12.1 Å². The molecule has 1 aliphatic heterocycles. The van der Waals surface area contributed by atoms with Crippen molar-refractivity contribution in [2.45, 2.75) is 31.2 Å². The fourth-order valence-electron chi connectivity index (χ4n) is 2.97. The topological polar surface area (TPSA) is 66.8 Å². The Kier molecular flexibility index (Phi) is 3.09. The van der Waals surface area contributed by atoms with Crippen LogP contribution in [0.2, 0.25) is 0 Å². The number of amides is 1. The standard InChI is InChI=1S/C12H17NO4/c1-2-6-17-11(16)13-8-9-4-3-5-12(13,7-9)10(14)15/h2,9H,1,3-8H2,(H,14,15). The molecule has 1 saturated carbocycles. The van der Waals surface area contributed by atoms with Crippen LogP contribution in [-0.4, -0.2) is 40.8 Å². The Morgan fingerprint density at radius 3 is 3.00 bits per heavy atom. The molecule has 17 heavy (non-hydrogen) atoms. The third-order valence-electron chi connectivity index (χ3n) is 3.73. The highest BCUT2D eigenvalue weighted by molar-refractivity contribution is 5.85. The summed E-state index contributed by atoms with van der Waals surface area (Å²) in [6.45, 7) is 4.09. The van der Waals surface area contributed by atoms with Crippen molar-refractivity contribution in [2.75, 3.05) is 13.2 Å². The lowest BCUT2D eigenvalue weighted by molar-refractivity contribution is -0.149. The average Bonchev–Trinajstić information content (AvgIpc) is 2.59. The van der Waals surface area contributed by atoms with Crippen molar-refractivity contribution in [2.24, 2.45) is 5.92 Å². The third-order valence-corrected chi connectivity index (χ3v) is 3.73. The number of aliphatic carboxylic acids is 1. The molecule has 0 radical (unpaired) electrons. The van der Waals surface area contributed by atoms with Gasteiger partial charge in [0.15, 0.2) is 0 Å². The van der Waals surface area contributed by atoms with Crippen LogP contribution in [-0.2, 0) is 9.53 Å². The van der Waals surface area contributed by atoms with Gasteiger partial charge in [0.2, 0.25) is 0 Å². The number of carbonyl (C=O) groups is 2. The Bertz CT molecular complexity index is 354. The molecular weight excluding hydrogens is 222 g/mol. The van der Waals surface area contributed by atoms with E-state index in [1.54, 1.807) is 0 Å². The maximum atomic E-state index is 11.8. The Morgan fingerprint density at radius 2 is 2.35 bits per heavy atom. The van der Waals surface area contributed by atoms with Gasteiger partial charge in [-0.2, -0.15) is 0 Å². The Labute approximate surface area is 100 Å². The molecule has 0 aromatic carbocycles. The number of carbonyl (C=O) groups excluding carboxylic acids is 1. The number of nitrogens with zero attached hydrogens (tertiary/aromatic N) is 1. The predicted octanol–water partition coefficient (Wildman–Crippen LogP) is 1.64. The van der Waals surface area contributed by atoms with Crippen molar-refractivity contribution in [1.82, 2.24) is 4.90 Å². The van der Waals surface area contributed by atoms with Crippen molar-refractivity contribution in [3.8, 4) is 0 Å². The number of carboxylic acid groups (broad SMARTS) is 1. The molecule has 5 nitrogen and oxygen atoms in total. The minimum absolute atomic E-state index is 0.121. The molecule has 2 aliphatic rings. The summed E-state index contributed by atoms with van der Waals surface area (Å²) in [4.78, 5) is 24.7. The zero-order valence-electron chi connectivity index (χ0n) is 9.72. The summed E-state index contributed by atoms with van der Waals surface area (Å²) in [6.07, 6.45) is 3.90. The molecule has 0 aromatic heterocycles. The molecule has 2 unspecified atom stereocenters. The van der Waals surface area contributed by atoms with E-state index in [2.05, 4.69) is 6.58 Å². The molecule has 1 aliphatic carbocycles. The maximum Gasteiger partial charge on any atom is 0.411 e. The number of carboxylic acids is 1. The molecule has 2 atom stereocenters. The Hall–Kier alpha value is -1.52. The van der Waals surface area contributed by atoms with Crippen LogP contribution < -0.4 is 0 Å². The van der Waals surface area contributed by atoms with Crippen LogP contribution in [0.4, 0.5) is 4.79 Å². The third kappa shape index (κ3) is 1.90. The Morgan fingerprint density at radius 1 is 1.59 bits per heavy atom. The second-order valence-electron chi connectivity index (χ2n) is 4.78.